The van der Waals surface area contributed by atoms with Gasteiger partial charge in [-0.2, -0.15) is 0 Å². The maximum absolute atomic E-state index is 10.9. The van der Waals surface area contributed by atoms with E-state index in [0.717, 1.165) is 22.0 Å². The Labute approximate surface area is 337 Å². The number of aromatic nitrogens is 4. The van der Waals surface area contributed by atoms with Gasteiger partial charge in [-0.05, 0) is 60.2 Å². The molecule has 0 saturated heterocycles. The number of halogens is 4. The highest BCUT2D eigenvalue weighted by molar-refractivity contribution is 6.43. The zero-order chi connectivity index (χ0) is 39.2. The van der Waals surface area contributed by atoms with Crippen LogP contribution in [0, 0.1) is 0 Å². The lowest BCUT2D eigenvalue weighted by atomic mass is 9.96. The second kappa shape index (κ2) is 19.9. The van der Waals surface area contributed by atoms with Crippen molar-refractivity contribution >= 4 is 85.9 Å². The maximum atomic E-state index is 10.9. The number of nitrogens with one attached hydrogen (secondary N) is 1. The fourth-order valence-electron chi connectivity index (χ4n) is 5.14. The van der Waals surface area contributed by atoms with E-state index in [-0.39, 0.29) is 11.5 Å². The average molecular weight is 811 g/mol. The van der Waals surface area contributed by atoms with Crippen molar-refractivity contribution in [2.45, 2.75) is 6.04 Å². The first-order valence-electron chi connectivity index (χ1n) is 16.4. The number of rotatable bonds is 5. The van der Waals surface area contributed by atoms with Gasteiger partial charge in [-0.3, -0.25) is 24.7 Å². The second-order valence-corrected chi connectivity index (χ2v) is 13.0. The van der Waals surface area contributed by atoms with Gasteiger partial charge in [-0.15, -0.1) is 0 Å². The van der Waals surface area contributed by atoms with Gasteiger partial charge in [-0.1, -0.05) is 107 Å². The van der Waals surface area contributed by atoms with E-state index in [4.69, 9.17) is 52.1 Å². The molecule has 8 rings (SSSR count). The number of carbonyl (C=O) groups is 1. The molecule has 4 heterocycles. The highest BCUT2D eigenvalue weighted by atomic mass is 35.5. The predicted octanol–water partition coefficient (Wildman–Crippen LogP) is 11.3. The van der Waals surface area contributed by atoms with E-state index in [1.165, 1.54) is 0 Å². The first-order valence-corrected chi connectivity index (χ1v) is 17.9. The molecule has 0 saturated carbocycles. The Balaban J connectivity index is 0.000000168. The Morgan fingerprint density at radius 3 is 1.80 bits per heavy atom. The highest BCUT2D eigenvalue weighted by Crippen LogP contribution is 2.40. The molecule has 0 bridgehead atoms. The zero-order valence-electron chi connectivity index (χ0n) is 28.8. The lowest BCUT2D eigenvalue weighted by Crippen LogP contribution is -2.13. The predicted molar refractivity (Wildman–Crippen MR) is 223 cm³/mol. The number of anilines is 2. The molecule has 55 heavy (non-hydrogen) atoms. The van der Waals surface area contributed by atoms with Gasteiger partial charge in [0.25, 0.3) is 0 Å². The standard InChI is InChI=1S/C21H15Cl2N3O.C9H7NO.C7H4Cl2O.C5H6N2/c22-17-7-1-6-15(18(17)23)20(26-14-5-3-10-24-12-14)16-9-8-13-4-2-11-25-19(13)21(16)27;11-8-5-1-3-7-4-2-6-10-9(7)8;8-6-3-1-2-5(4-10)7(6)9;6-5-2-1-3-7-4-5/h1-12,20,26-27H;1-6,11H;1-4H;1-4H,6H2. The monoisotopic (exact) mass is 808 g/mol. The molecule has 1 atom stereocenters. The van der Waals surface area contributed by atoms with Gasteiger partial charge in [0.15, 0.2) is 6.29 Å². The van der Waals surface area contributed by atoms with Crippen molar-refractivity contribution in [3.05, 3.63) is 189 Å². The number of benzene rings is 4. The van der Waals surface area contributed by atoms with E-state index in [0.29, 0.717) is 54.2 Å². The molecule has 0 aliphatic heterocycles. The number of carbonyl (C=O) groups excluding carboxylic acids is 1. The van der Waals surface area contributed by atoms with Crippen LogP contribution in [0.1, 0.15) is 27.5 Å². The molecule has 0 fully saturated rings. The number of nitrogens with two attached hydrogens (primary N) is 1. The van der Waals surface area contributed by atoms with Gasteiger partial charge in [-0.25, -0.2) is 0 Å². The molecule has 276 valence electrons. The van der Waals surface area contributed by atoms with E-state index in [2.05, 4.69) is 25.3 Å². The summed E-state index contributed by atoms with van der Waals surface area (Å²) >= 11 is 24.0. The molecule has 4 aromatic carbocycles. The van der Waals surface area contributed by atoms with Crippen LogP contribution in [0.25, 0.3) is 21.8 Å². The Hall–Kier alpha value is -5.97. The number of hydrogen-bond donors (Lipinski definition) is 4. The molecule has 8 aromatic rings. The Morgan fingerprint density at radius 2 is 1.20 bits per heavy atom. The van der Waals surface area contributed by atoms with Crippen LogP contribution in [0.5, 0.6) is 11.5 Å². The third-order valence-electron chi connectivity index (χ3n) is 7.76. The molecule has 0 aliphatic rings. The van der Waals surface area contributed by atoms with Crippen LogP contribution in [0.2, 0.25) is 20.1 Å². The molecule has 0 aliphatic carbocycles. The maximum Gasteiger partial charge on any atom is 0.151 e. The van der Waals surface area contributed by atoms with Gasteiger partial charge in [0, 0.05) is 59.1 Å². The number of phenolic OH excluding ortho intramolecular Hbond substituents is 2. The minimum atomic E-state index is -0.438. The normalized spacial score (nSPS) is 10.8. The third kappa shape index (κ3) is 10.8. The van der Waals surface area contributed by atoms with Crippen molar-refractivity contribution in [1.29, 1.82) is 0 Å². The van der Waals surface area contributed by atoms with E-state index in [9.17, 15) is 15.0 Å². The van der Waals surface area contributed by atoms with Crippen LogP contribution in [-0.4, -0.2) is 36.4 Å². The van der Waals surface area contributed by atoms with Crippen molar-refractivity contribution in [3.63, 3.8) is 0 Å². The van der Waals surface area contributed by atoms with Crippen molar-refractivity contribution in [1.82, 2.24) is 19.9 Å². The molecule has 0 spiro atoms. The Morgan fingerprint density at radius 1 is 0.600 bits per heavy atom. The number of pyridine rings is 4. The van der Waals surface area contributed by atoms with Crippen molar-refractivity contribution in [2.24, 2.45) is 0 Å². The zero-order valence-corrected chi connectivity index (χ0v) is 31.8. The molecule has 4 aromatic heterocycles. The molecular formula is C42H32Cl4N6O3. The van der Waals surface area contributed by atoms with Gasteiger partial charge in [0.1, 0.15) is 22.5 Å². The quantitative estimate of drug-likeness (QED) is 0.125. The molecule has 13 heteroatoms. The smallest absolute Gasteiger partial charge is 0.151 e. The molecule has 1 unspecified atom stereocenters. The number of hydrogen-bond acceptors (Lipinski definition) is 9. The van der Waals surface area contributed by atoms with Gasteiger partial charge in [0.2, 0.25) is 0 Å². The summed E-state index contributed by atoms with van der Waals surface area (Å²) in [7, 11) is 0. The summed E-state index contributed by atoms with van der Waals surface area (Å²) in [4.78, 5) is 26.5. The number of phenols is 2. The lowest BCUT2D eigenvalue weighted by molar-refractivity contribution is 0.112. The first kappa shape index (κ1) is 40.2. The average Bonchev–Trinajstić information content (AvgIpc) is 3.21. The SMILES string of the molecule is Nc1cccnc1.O=Cc1cccc(Cl)c1Cl.Oc1c(C(Nc2cccnc2)c2cccc(Cl)c2Cl)ccc2cccnc12.Oc1cccc2cccnc12. The fourth-order valence-corrected chi connectivity index (χ4v) is 5.90. The molecule has 0 radical (unpaired) electrons. The summed E-state index contributed by atoms with van der Waals surface area (Å²) in [6.07, 6.45) is 10.7. The van der Waals surface area contributed by atoms with E-state index >= 15 is 0 Å². The van der Waals surface area contributed by atoms with Gasteiger partial charge in [0.05, 0.1) is 37.5 Å². The Kier molecular flexibility index (Phi) is 14.6. The first-order chi connectivity index (χ1) is 26.7. The summed E-state index contributed by atoms with van der Waals surface area (Å²) in [5, 5.41) is 27.1. The minimum Gasteiger partial charge on any atom is -0.506 e. The molecule has 5 N–H and O–H groups in total. The highest BCUT2D eigenvalue weighted by Gasteiger charge is 2.23. The molecule has 9 nitrogen and oxygen atoms in total. The number of aromatic hydroxyl groups is 2. The van der Waals surface area contributed by atoms with Crippen LogP contribution in [0.4, 0.5) is 11.4 Å². The largest absolute Gasteiger partial charge is 0.506 e. The number of fused-ring (bicyclic) bond motifs is 2. The number of nitrogen functional groups attached to an aromatic ring is 1. The summed E-state index contributed by atoms with van der Waals surface area (Å²) in [6.45, 7) is 0. The lowest BCUT2D eigenvalue weighted by Gasteiger charge is -2.23. The van der Waals surface area contributed by atoms with Crippen molar-refractivity contribution in [3.8, 4) is 11.5 Å². The van der Waals surface area contributed by atoms with Crippen molar-refractivity contribution in [2.75, 3.05) is 11.1 Å². The van der Waals surface area contributed by atoms with Crippen LogP contribution in [0.3, 0.4) is 0 Å². The van der Waals surface area contributed by atoms with E-state index < -0.39 is 6.04 Å². The minimum absolute atomic E-state index is 0.102. The van der Waals surface area contributed by atoms with Crippen molar-refractivity contribution < 1.29 is 15.0 Å². The number of para-hydroxylation sites is 1. The summed E-state index contributed by atoms with van der Waals surface area (Å²) < 4.78 is 0. The van der Waals surface area contributed by atoms with Crippen LogP contribution < -0.4 is 11.1 Å². The third-order valence-corrected chi connectivity index (χ3v) is 9.43. The second-order valence-electron chi connectivity index (χ2n) is 11.4. The molecular weight excluding hydrogens is 778 g/mol. The van der Waals surface area contributed by atoms with E-state index in [1.807, 2.05) is 66.7 Å². The summed E-state index contributed by atoms with van der Waals surface area (Å²) in [6, 6.07) is 33.9. The summed E-state index contributed by atoms with van der Waals surface area (Å²) in [5.41, 5.74) is 9.81. The summed E-state index contributed by atoms with van der Waals surface area (Å²) in [5.74, 6) is 0.341. The van der Waals surface area contributed by atoms with Gasteiger partial charge >= 0.3 is 0 Å². The number of nitrogens with zero attached hydrogens (tertiary/aromatic N) is 4. The fraction of sp³-hybridized carbons (Fsp3) is 0.0238. The number of aldehydes is 1. The van der Waals surface area contributed by atoms with Crippen LogP contribution >= 0.6 is 46.4 Å². The van der Waals surface area contributed by atoms with E-state index in [1.54, 1.807) is 85.7 Å². The van der Waals surface area contributed by atoms with Crippen LogP contribution in [0.15, 0.2) is 152 Å². The van der Waals surface area contributed by atoms with Gasteiger partial charge < -0.3 is 21.3 Å². The Bertz CT molecular complexity index is 2490. The van der Waals surface area contributed by atoms with Crippen LogP contribution in [-0.2, 0) is 0 Å². The molecule has 0 amide bonds. The topological polar surface area (TPSA) is 147 Å².